The van der Waals surface area contributed by atoms with Crippen molar-refractivity contribution in [3.05, 3.63) is 57.8 Å². The zero-order valence-electron chi connectivity index (χ0n) is 10.4. The van der Waals surface area contributed by atoms with Crippen molar-refractivity contribution in [2.24, 2.45) is 5.92 Å². The van der Waals surface area contributed by atoms with Crippen molar-refractivity contribution in [1.82, 2.24) is 5.32 Å². The first-order chi connectivity index (χ1) is 9.24. The van der Waals surface area contributed by atoms with Crippen LogP contribution in [0.15, 0.2) is 35.7 Å². The lowest BCUT2D eigenvalue weighted by molar-refractivity contribution is 0.475. The molecule has 1 atom stereocenters. The van der Waals surface area contributed by atoms with Crippen molar-refractivity contribution >= 4 is 11.3 Å². The highest BCUT2D eigenvalue weighted by Gasteiger charge is 2.32. The summed E-state index contributed by atoms with van der Waals surface area (Å²) < 4.78 is 26.4. The van der Waals surface area contributed by atoms with Crippen LogP contribution in [0.2, 0.25) is 0 Å². The number of hydrogen-bond donors (Lipinski definition) is 1. The van der Waals surface area contributed by atoms with Crippen molar-refractivity contribution in [2.75, 3.05) is 0 Å². The summed E-state index contributed by atoms with van der Waals surface area (Å²) in [7, 11) is 0. The summed E-state index contributed by atoms with van der Waals surface area (Å²) in [6, 6.07) is 8.20. The fraction of sp³-hybridized carbons (Fsp3) is 0.333. The fourth-order valence-corrected chi connectivity index (χ4v) is 3.18. The van der Waals surface area contributed by atoms with E-state index in [1.54, 1.807) is 11.3 Å². The highest BCUT2D eigenvalue weighted by molar-refractivity contribution is 7.10. The number of thiophene rings is 1. The Morgan fingerprint density at radius 2 is 2.11 bits per heavy atom. The lowest BCUT2D eigenvalue weighted by Gasteiger charge is -2.17. The summed E-state index contributed by atoms with van der Waals surface area (Å²) >= 11 is 1.72. The minimum absolute atomic E-state index is 0.296. The third kappa shape index (κ3) is 3.01. The molecule has 0 radical (unpaired) electrons. The van der Waals surface area contributed by atoms with Gasteiger partial charge in [0.1, 0.15) is 11.6 Å². The quantitative estimate of drug-likeness (QED) is 0.862. The van der Waals surface area contributed by atoms with Crippen molar-refractivity contribution in [2.45, 2.75) is 25.4 Å². The Labute approximate surface area is 115 Å². The van der Waals surface area contributed by atoms with Crippen molar-refractivity contribution in [3.8, 4) is 0 Å². The highest BCUT2D eigenvalue weighted by atomic mass is 32.1. The van der Waals surface area contributed by atoms with Gasteiger partial charge in [0.2, 0.25) is 0 Å². The molecule has 1 unspecified atom stereocenters. The van der Waals surface area contributed by atoms with E-state index in [2.05, 4.69) is 16.8 Å². The molecule has 100 valence electrons. The molecule has 1 nitrogen and oxygen atoms in total. The number of hydrogen-bond acceptors (Lipinski definition) is 2. The maximum Gasteiger partial charge on any atom is 0.130 e. The maximum absolute atomic E-state index is 13.6. The standard InChI is InChI=1S/C15H15F2NS/c16-12-6-5-11(13(17)8-12)9-18-15(10-3-4-10)14-2-1-7-19-14/h1-2,5-8,10,15,18H,3-4,9H2. The lowest BCUT2D eigenvalue weighted by Crippen LogP contribution is -2.22. The third-order valence-corrected chi connectivity index (χ3v) is 4.43. The van der Waals surface area contributed by atoms with Crippen LogP contribution in [-0.2, 0) is 6.54 Å². The minimum Gasteiger partial charge on any atom is -0.305 e. The third-order valence-electron chi connectivity index (χ3n) is 3.47. The molecule has 1 aliphatic rings. The van der Waals surface area contributed by atoms with Gasteiger partial charge in [-0.1, -0.05) is 12.1 Å². The Bertz CT molecular complexity index is 549. The second kappa shape index (κ2) is 5.39. The van der Waals surface area contributed by atoms with Crippen LogP contribution >= 0.6 is 11.3 Å². The first-order valence-corrected chi connectivity index (χ1v) is 7.33. The Balaban J connectivity index is 1.70. The van der Waals surface area contributed by atoms with E-state index in [-0.39, 0.29) is 0 Å². The van der Waals surface area contributed by atoms with E-state index in [9.17, 15) is 8.78 Å². The van der Waals surface area contributed by atoms with Crippen molar-refractivity contribution < 1.29 is 8.78 Å². The van der Waals surface area contributed by atoms with Gasteiger partial charge in [0.15, 0.2) is 0 Å². The van der Waals surface area contributed by atoms with Crippen molar-refractivity contribution in [1.29, 1.82) is 0 Å². The summed E-state index contributed by atoms with van der Waals surface area (Å²) in [5, 5.41) is 5.47. The molecule has 3 rings (SSSR count). The van der Waals surface area contributed by atoms with E-state index in [1.165, 1.54) is 29.9 Å². The van der Waals surface area contributed by atoms with E-state index in [0.29, 0.717) is 24.1 Å². The van der Waals surface area contributed by atoms with Gasteiger partial charge in [-0.05, 0) is 36.3 Å². The molecule has 1 aliphatic carbocycles. The molecule has 0 saturated heterocycles. The van der Waals surface area contributed by atoms with Crippen molar-refractivity contribution in [3.63, 3.8) is 0 Å². The summed E-state index contributed by atoms with van der Waals surface area (Å²) in [5.74, 6) is -0.353. The largest absolute Gasteiger partial charge is 0.305 e. The molecule has 2 aromatic rings. The van der Waals surface area contributed by atoms with E-state index >= 15 is 0 Å². The second-order valence-electron chi connectivity index (χ2n) is 4.95. The van der Waals surface area contributed by atoms with E-state index in [0.717, 1.165) is 6.07 Å². The molecule has 0 spiro atoms. The molecule has 1 aromatic carbocycles. The van der Waals surface area contributed by atoms with Crippen LogP contribution in [0.3, 0.4) is 0 Å². The predicted octanol–water partition coefficient (Wildman–Crippen LogP) is 4.27. The molecule has 1 fully saturated rings. The molecule has 1 N–H and O–H groups in total. The molecule has 0 amide bonds. The maximum atomic E-state index is 13.6. The molecular formula is C15H15F2NS. The molecule has 19 heavy (non-hydrogen) atoms. The van der Waals surface area contributed by atoms with Gasteiger partial charge in [0.05, 0.1) is 0 Å². The summed E-state index contributed by atoms with van der Waals surface area (Å²) in [4.78, 5) is 1.30. The monoisotopic (exact) mass is 279 g/mol. The van der Waals surface area contributed by atoms with Gasteiger partial charge in [-0.15, -0.1) is 11.3 Å². The van der Waals surface area contributed by atoms with Gasteiger partial charge in [0, 0.05) is 29.1 Å². The van der Waals surface area contributed by atoms with Gasteiger partial charge in [0.25, 0.3) is 0 Å². The Morgan fingerprint density at radius 1 is 1.26 bits per heavy atom. The minimum atomic E-state index is -0.529. The zero-order valence-corrected chi connectivity index (χ0v) is 11.2. The number of nitrogens with one attached hydrogen (secondary N) is 1. The normalized spacial score (nSPS) is 16.5. The first kappa shape index (κ1) is 12.8. The fourth-order valence-electron chi connectivity index (χ4n) is 2.28. The molecule has 1 aromatic heterocycles. The molecule has 0 bridgehead atoms. The number of benzene rings is 1. The molecule has 4 heteroatoms. The van der Waals surface area contributed by atoms with Crippen LogP contribution in [0, 0.1) is 17.6 Å². The molecular weight excluding hydrogens is 264 g/mol. The van der Waals surface area contributed by atoms with E-state index < -0.39 is 11.6 Å². The summed E-state index contributed by atoms with van der Waals surface area (Å²) in [6.45, 7) is 0.436. The van der Waals surface area contributed by atoms with Gasteiger partial charge >= 0.3 is 0 Å². The van der Waals surface area contributed by atoms with Crippen LogP contribution in [0.1, 0.15) is 29.3 Å². The van der Waals surface area contributed by atoms with Crippen LogP contribution < -0.4 is 5.32 Å². The number of halogens is 2. The van der Waals surface area contributed by atoms with E-state index in [4.69, 9.17) is 0 Å². The molecule has 0 aliphatic heterocycles. The molecule has 1 heterocycles. The lowest BCUT2D eigenvalue weighted by atomic mass is 10.1. The van der Waals surface area contributed by atoms with Gasteiger partial charge in [-0.25, -0.2) is 8.78 Å². The topological polar surface area (TPSA) is 12.0 Å². The average Bonchev–Trinajstić information content (AvgIpc) is 3.07. The van der Waals surface area contributed by atoms with E-state index in [1.807, 2.05) is 6.07 Å². The first-order valence-electron chi connectivity index (χ1n) is 6.45. The number of rotatable bonds is 5. The van der Waals surface area contributed by atoms with Gasteiger partial charge in [-0.2, -0.15) is 0 Å². The Hall–Kier alpha value is -1.26. The summed E-state index contributed by atoms with van der Waals surface area (Å²) in [6.07, 6.45) is 2.45. The Kier molecular flexibility index (Phi) is 3.62. The summed E-state index contributed by atoms with van der Waals surface area (Å²) in [5.41, 5.74) is 0.517. The SMILES string of the molecule is Fc1ccc(CNC(c2cccs2)C2CC2)c(F)c1. The highest BCUT2D eigenvalue weighted by Crippen LogP contribution is 2.42. The van der Waals surface area contributed by atoms with Crippen LogP contribution in [0.5, 0.6) is 0 Å². The smallest absolute Gasteiger partial charge is 0.130 e. The average molecular weight is 279 g/mol. The zero-order chi connectivity index (χ0) is 13.2. The van der Waals surface area contributed by atoms with Gasteiger partial charge < -0.3 is 5.32 Å². The van der Waals surface area contributed by atoms with Gasteiger partial charge in [-0.3, -0.25) is 0 Å². The predicted molar refractivity (Wildman–Crippen MR) is 73.0 cm³/mol. The Morgan fingerprint density at radius 3 is 2.74 bits per heavy atom. The molecule has 1 saturated carbocycles. The van der Waals surface area contributed by atoms with Crippen LogP contribution in [-0.4, -0.2) is 0 Å². The second-order valence-corrected chi connectivity index (χ2v) is 5.93. The van der Waals surface area contributed by atoms with Crippen LogP contribution in [0.4, 0.5) is 8.78 Å². The van der Waals surface area contributed by atoms with Crippen LogP contribution in [0.25, 0.3) is 0 Å².